The van der Waals surface area contributed by atoms with E-state index in [1.165, 1.54) is 12.5 Å². The highest BCUT2D eigenvalue weighted by atomic mass is 16.5. The van der Waals surface area contributed by atoms with Crippen LogP contribution in [0.5, 0.6) is 0 Å². The molecule has 2 rings (SSSR count). The van der Waals surface area contributed by atoms with Crippen molar-refractivity contribution >= 4 is 17.6 Å². The molecule has 0 saturated heterocycles. The van der Waals surface area contributed by atoms with Crippen LogP contribution in [-0.2, 0) is 9.53 Å². The molecule has 6 nitrogen and oxygen atoms in total. The highest BCUT2D eigenvalue weighted by Gasteiger charge is 2.27. The number of carbonyl (C=O) groups is 2. The van der Waals surface area contributed by atoms with Crippen molar-refractivity contribution in [2.45, 2.75) is 59.5 Å². The maximum Gasteiger partial charge on any atom is 0.344 e. The highest BCUT2D eigenvalue weighted by Crippen LogP contribution is 2.23. The van der Waals surface area contributed by atoms with Gasteiger partial charge in [-0.2, -0.15) is 0 Å². The third-order valence-electron chi connectivity index (χ3n) is 4.12. The van der Waals surface area contributed by atoms with Gasteiger partial charge in [-0.25, -0.2) is 4.79 Å². The summed E-state index contributed by atoms with van der Waals surface area (Å²) in [6.07, 6.45) is -0.943. The molecule has 0 spiro atoms. The predicted molar refractivity (Wildman–Crippen MR) is 99.4 cm³/mol. The number of carbonyl (C=O) groups excluding carboxylic acids is 2. The number of aryl methyl sites for hydroxylation is 1. The molecule has 1 atom stereocenters. The fourth-order valence-corrected chi connectivity index (χ4v) is 2.50. The molecular formula is C20H26N2O4. The van der Waals surface area contributed by atoms with E-state index in [1.54, 1.807) is 6.92 Å². The highest BCUT2D eigenvalue weighted by molar-refractivity contribution is 5.98. The first-order chi connectivity index (χ1) is 12.2. The third-order valence-corrected chi connectivity index (χ3v) is 4.12. The van der Waals surface area contributed by atoms with E-state index in [0.29, 0.717) is 28.6 Å². The molecule has 140 valence electrons. The van der Waals surface area contributed by atoms with Crippen LogP contribution >= 0.6 is 0 Å². The van der Waals surface area contributed by atoms with E-state index in [2.05, 4.69) is 24.3 Å². The van der Waals surface area contributed by atoms with Crippen LogP contribution < -0.4 is 5.32 Å². The smallest absolute Gasteiger partial charge is 0.344 e. The van der Waals surface area contributed by atoms with Crippen LogP contribution in [0.15, 0.2) is 28.8 Å². The van der Waals surface area contributed by atoms with Crippen LogP contribution in [0, 0.1) is 6.92 Å². The van der Waals surface area contributed by atoms with Gasteiger partial charge in [0.15, 0.2) is 11.9 Å². The SMILES string of the molecule is Cc1noc(C(C)C)c1C(=O)O[C@@H](C)C(=O)Nc1ccc(C(C)C)cc1. The molecular weight excluding hydrogens is 332 g/mol. The maximum atomic E-state index is 12.4. The molecule has 0 bridgehead atoms. The zero-order valence-electron chi connectivity index (χ0n) is 16.1. The first kappa shape index (κ1) is 19.7. The van der Waals surface area contributed by atoms with Crippen LogP contribution in [0.4, 0.5) is 5.69 Å². The molecule has 0 aliphatic rings. The number of hydrogen-bond donors (Lipinski definition) is 1. The number of anilines is 1. The number of aromatic nitrogens is 1. The van der Waals surface area contributed by atoms with E-state index in [-0.39, 0.29) is 5.92 Å². The molecule has 1 aromatic heterocycles. The lowest BCUT2D eigenvalue weighted by Crippen LogP contribution is -2.30. The van der Waals surface area contributed by atoms with Gasteiger partial charge in [0.25, 0.3) is 5.91 Å². The van der Waals surface area contributed by atoms with Crippen molar-refractivity contribution < 1.29 is 18.8 Å². The lowest BCUT2D eigenvalue weighted by atomic mass is 10.0. The Labute approximate surface area is 153 Å². The second kappa shape index (κ2) is 8.17. The Bertz CT molecular complexity index is 776. The molecule has 1 N–H and O–H groups in total. The molecule has 0 aliphatic heterocycles. The van der Waals surface area contributed by atoms with Gasteiger partial charge in [-0.05, 0) is 37.5 Å². The summed E-state index contributed by atoms with van der Waals surface area (Å²) in [6.45, 7) is 11.2. The van der Waals surface area contributed by atoms with Gasteiger partial charge in [-0.3, -0.25) is 4.79 Å². The number of nitrogens with one attached hydrogen (secondary N) is 1. The fraction of sp³-hybridized carbons (Fsp3) is 0.450. The van der Waals surface area contributed by atoms with Gasteiger partial charge in [0, 0.05) is 11.6 Å². The van der Waals surface area contributed by atoms with Crippen LogP contribution in [0.2, 0.25) is 0 Å². The first-order valence-corrected chi connectivity index (χ1v) is 8.78. The Morgan fingerprint density at radius 2 is 1.65 bits per heavy atom. The van der Waals surface area contributed by atoms with Gasteiger partial charge >= 0.3 is 5.97 Å². The molecule has 2 aromatic rings. The summed E-state index contributed by atoms with van der Waals surface area (Å²) in [5.41, 5.74) is 2.59. The van der Waals surface area contributed by atoms with Gasteiger partial charge in [0.05, 0.1) is 5.69 Å². The summed E-state index contributed by atoms with van der Waals surface area (Å²) < 4.78 is 10.5. The van der Waals surface area contributed by atoms with Crippen molar-refractivity contribution in [1.29, 1.82) is 0 Å². The van der Waals surface area contributed by atoms with Gasteiger partial charge in [0.1, 0.15) is 5.56 Å². The number of benzene rings is 1. The number of hydrogen-bond acceptors (Lipinski definition) is 5. The lowest BCUT2D eigenvalue weighted by molar-refractivity contribution is -0.123. The molecule has 1 heterocycles. The van der Waals surface area contributed by atoms with Gasteiger partial charge in [-0.15, -0.1) is 0 Å². The van der Waals surface area contributed by atoms with E-state index in [1.807, 2.05) is 38.1 Å². The van der Waals surface area contributed by atoms with Crippen molar-refractivity contribution in [1.82, 2.24) is 5.16 Å². The Hall–Kier alpha value is -2.63. The zero-order valence-corrected chi connectivity index (χ0v) is 16.1. The van der Waals surface area contributed by atoms with Crippen LogP contribution in [-0.4, -0.2) is 23.1 Å². The second-order valence-corrected chi connectivity index (χ2v) is 6.98. The average Bonchev–Trinajstić information content (AvgIpc) is 2.97. The molecule has 0 saturated carbocycles. The number of nitrogens with zero attached hydrogens (tertiary/aromatic N) is 1. The number of rotatable bonds is 6. The fourth-order valence-electron chi connectivity index (χ4n) is 2.50. The van der Waals surface area contributed by atoms with Crippen molar-refractivity contribution in [3.8, 4) is 0 Å². The van der Waals surface area contributed by atoms with Crippen molar-refractivity contribution in [3.63, 3.8) is 0 Å². The molecule has 0 unspecified atom stereocenters. The number of amides is 1. The van der Waals surface area contributed by atoms with Crippen LogP contribution in [0.25, 0.3) is 0 Å². The normalized spacial score (nSPS) is 12.3. The average molecular weight is 358 g/mol. The van der Waals surface area contributed by atoms with E-state index in [4.69, 9.17) is 9.26 Å². The first-order valence-electron chi connectivity index (χ1n) is 8.78. The monoisotopic (exact) mass is 358 g/mol. The maximum absolute atomic E-state index is 12.4. The van der Waals surface area contributed by atoms with Gasteiger partial charge in [0.2, 0.25) is 0 Å². The van der Waals surface area contributed by atoms with Crippen molar-refractivity contribution in [2.24, 2.45) is 0 Å². The molecule has 1 amide bonds. The second-order valence-electron chi connectivity index (χ2n) is 6.98. The minimum atomic E-state index is -0.943. The number of ether oxygens (including phenoxy) is 1. The zero-order chi connectivity index (χ0) is 19.4. The van der Waals surface area contributed by atoms with Crippen LogP contribution in [0.3, 0.4) is 0 Å². The Morgan fingerprint density at radius 1 is 1.04 bits per heavy atom. The molecule has 0 aliphatic carbocycles. The van der Waals surface area contributed by atoms with E-state index in [9.17, 15) is 9.59 Å². The molecule has 0 fully saturated rings. The summed E-state index contributed by atoms with van der Waals surface area (Å²) in [5.74, 6) is -0.130. The summed E-state index contributed by atoms with van der Waals surface area (Å²) in [4.78, 5) is 24.7. The minimum absolute atomic E-state index is 0.0117. The standard InChI is InChI=1S/C20H26N2O4/c1-11(2)15-7-9-16(10-8-15)21-19(23)14(6)25-20(24)17-13(5)22-26-18(17)12(3)4/h7-12,14H,1-6H3,(H,21,23)/t14-/m0/s1. The predicted octanol–water partition coefficient (Wildman–Crippen LogP) is 4.41. The topological polar surface area (TPSA) is 81.4 Å². The summed E-state index contributed by atoms with van der Waals surface area (Å²) in [5, 5.41) is 6.58. The van der Waals surface area contributed by atoms with E-state index >= 15 is 0 Å². The quantitative estimate of drug-likeness (QED) is 0.773. The van der Waals surface area contributed by atoms with Crippen molar-refractivity contribution in [2.75, 3.05) is 5.32 Å². The van der Waals surface area contributed by atoms with Gasteiger partial charge < -0.3 is 14.6 Å². The third kappa shape index (κ3) is 4.50. The molecule has 1 aromatic carbocycles. The largest absolute Gasteiger partial charge is 0.449 e. The Morgan fingerprint density at radius 3 is 2.19 bits per heavy atom. The summed E-state index contributed by atoms with van der Waals surface area (Å²) >= 11 is 0. The van der Waals surface area contributed by atoms with Crippen LogP contribution in [0.1, 0.15) is 73.8 Å². The minimum Gasteiger partial charge on any atom is -0.449 e. The Balaban J connectivity index is 2.02. The summed E-state index contributed by atoms with van der Waals surface area (Å²) in [7, 11) is 0. The van der Waals surface area contributed by atoms with E-state index in [0.717, 1.165) is 0 Å². The summed E-state index contributed by atoms with van der Waals surface area (Å²) in [6, 6.07) is 7.60. The molecule has 0 radical (unpaired) electrons. The number of esters is 1. The Kier molecular flexibility index (Phi) is 6.18. The lowest BCUT2D eigenvalue weighted by Gasteiger charge is -2.14. The molecule has 6 heteroatoms. The van der Waals surface area contributed by atoms with Gasteiger partial charge in [-0.1, -0.05) is 45.0 Å². The molecule has 26 heavy (non-hydrogen) atoms. The van der Waals surface area contributed by atoms with Crippen molar-refractivity contribution in [3.05, 3.63) is 46.8 Å². The van der Waals surface area contributed by atoms with E-state index < -0.39 is 18.0 Å².